The summed E-state index contributed by atoms with van der Waals surface area (Å²) < 4.78 is 32.1. The van der Waals surface area contributed by atoms with Gasteiger partial charge in [-0.3, -0.25) is 0 Å². The fourth-order valence-corrected chi connectivity index (χ4v) is 3.86. The van der Waals surface area contributed by atoms with Crippen LogP contribution in [0.15, 0.2) is 21.5 Å². The first-order valence-electron chi connectivity index (χ1n) is 5.49. The van der Waals surface area contributed by atoms with E-state index in [4.69, 9.17) is 21.4 Å². The third kappa shape index (κ3) is 4.31. The van der Waals surface area contributed by atoms with Gasteiger partial charge in [0.2, 0.25) is 10.0 Å². The highest BCUT2D eigenvalue weighted by Gasteiger charge is 2.26. The molecule has 0 aliphatic carbocycles. The molecular formula is C11H15BrClNO5S. The van der Waals surface area contributed by atoms with Crippen molar-refractivity contribution in [3.05, 3.63) is 21.6 Å². The molecule has 0 saturated carbocycles. The number of rotatable bonds is 6. The third-order valence-electron chi connectivity index (χ3n) is 2.45. The van der Waals surface area contributed by atoms with E-state index < -0.39 is 22.2 Å². The highest BCUT2D eigenvalue weighted by atomic mass is 79.9. The van der Waals surface area contributed by atoms with Crippen LogP contribution >= 0.6 is 27.5 Å². The van der Waals surface area contributed by atoms with Crippen molar-refractivity contribution in [3.63, 3.8) is 0 Å². The minimum absolute atomic E-state index is 0.102. The van der Waals surface area contributed by atoms with Gasteiger partial charge >= 0.3 is 0 Å². The Balaban J connectivity index is 3.16. The number of aliphatic hydroxyl groups excluding tert-OH is 1. The van der Waals surface area contributed by atoms with Crippen LogP contribution in [-0.4, -0.2) is 44.5 Å². The predicted octanol–water partition coefficient (Wildman–Crippen LogP) is 1.13. The normalized spacial score (nSPS) is 14.9. The van der Waals surface area contributed by atoms with E-state index >= 15 is 0 Å². The van der Waals surface area contributed by atoms with E-state index in [-0.39, 0.29) is 22.2 Å². The first kappa shape index (κ1) is 17.7. The van der Waals surface area contributed by atoms with Crippen molar-refractivity contribution in [1.29, 1.82) is 0 Å². The molecule has 20 heavy (non-hydrogen) atoms. The lowest BCUT2D eigenvalue weighted by Crippen LogP contribution is -2.43. The molecule has 0 spiro atoms. The fraction of sp³-hybridized carbons (Fsp3) is 0.455. The van der Waals surface area contributed by atoms with Crippen LogP contribution in [0.4, 0.5) is 0 Å². The molecule has 0 heterocycles. The number of methoxy groups -OCH3 is 1. The Morgan fingerprint density at radius 3 is 2.60 bits per heavy atom. The molecule has 114 valence electrons. The minimum atomic E-state index is -3.95. The van der Waals surface area contributed by atoms with Crippen molar-refractivity contribution in [1.82, 2.24) is 4.72 Å². The molecule has 9 heteroatoms. The van der Waals surface area contributed by atoms with Gasteiger partial charge in [0.25, 0.3) is 0 Å². The average Bonchev–Trinajstić information content (AvgIpc) is 2.36. The van der Waals surface area contributed by atoms with E-state index in [9.17, 15) is 13.5 Å². The third-order valence-corrected chi connectivity index (χ3v) is 4.67. The summed E-state index contributed by atoms with van der Waals surface area (Å²) in [5.41, 5.74) is -1.56. The predicted molar refractivity (Wildman–Crippen MR) is 78.6 cm³/mol. The van der Waals surface area contributed by atoms with Crippen molar-refractivity contribution in [2.24, 2.45) is 0 Å². The van der Waals surface area contributed by atoms with Crippen molar-refractivity contribution < 1.29 is 23.4 Å². The topological polar surface area (TPSA) is 95.9 Å². The van der Waals surface area contributed by atoms with Crippen LogP contribution in [0, 0.1) is 0 Å². The molecule has 0 saturated heterocycles. The van der Waals surface area contributed by atoms with Crippen LogP contribution in [0.3, 0.4) is 0 Å². The number of hydrogen-bond acceptors (Lipinski definition) is 5. The van der Waals surface area contributed by atoms with Gasteiger partial charge in [-0.2, -0.15) is 0 Å². The zero-order valence-electron chi connectivity index (χ0n) is 10.9. The number of halogens is 2. The Bertz CT molecular complexity index is 591. The van der Waals surface area contributed by atoms with Gasteiger partial charge in [0.1, 0.15) is 4.90 Å². The number of ether oxygens (including phenoxy) is 1. The van der Waals surface area contributed by atoms with E-state index in [0.29, 0.717) is 4.47 Å². The van der Waals surface area contributed by atoms with Crippen molar-refractivity contribution in [2.45, 2.75) is 17.4 Å². The van der Waals surface area contributed by atoms with Gasteiger partial charge in [0, 0.05) is 11.6 Å². The van der Waals surface area contributed by atoms with Gasteiger partial charge in [-0.1, -0.05) is 11.6 Å². The molecule has 0 radical (unpaired) electrons. The summed E-state index contributed by atoms with van der Waals surface area (Å²) in [5, 5.41) is 18.8. The molecule has 0 aliphatic rings. The number of benzene rings is 1. The van der Waals surface area contributed by atoms with Gasteiger partial charge < -0.3 is 14.9 Å². The van der Waals surface area contributed by atoms with Crippen LogP contribution in [0.25, 0.3) is 0 Å². The lowest BCUT2D eigenvalue weighted by Gasteiger charge is -2.21. The minimum Gasteiger partial charge on any atom is -0.494 e. The highest BCUT2D eigenvalue weighted by Crippen LogP contribution is 2.35. The van der Waals surface area contributed by atoms with Gasteiger partial charge in [-0.25, -0.2) is 13.1 Å². The summed E-state index contributed by atoms with van der Waals surface area (Å²) in [6.07, 6.45) is 0. The molecule has 0 amide bonds. The zero-order valence-corrected chi connectivity index (χ0v) is 14.0. The maximum Gasteiger partial charge on any atom is 0.244 e. The van der Waals surface area contributed by atoms with E-state index in [0.717, 1.165) is 0 Å². The summed E-state index contributed by atoms with van der Waals surface area (Å²) in [4.78, 5) is -0.159. The molecule has 0 bridgehead atoms. The molecule has 1 aromatic carbocycles. The van der Waals surface area contributed by atoms with E-state index in [1.54, 1.807) is 0 Å². The smallest absolute Gasteiger partial charge is 0.244 e. The second-order valence-electron chi connectivity index (χ2n) is 4.40. The van der Waals surface area contributed by atoms with Crippen molar-refractivity contribution in [2.75, 3.05) is 20.3 Å². The molecule has 0 aliphatic heterocycles. The molecule has 6 nitrogen and oxygen atoms in total. The molecular weight excluding hydrogens is 374 g/mol. The van der Waals surface area contributed by atoms with Crippen LogP contribution in [0.5, 0.6) is 5.75 Å². The lowest BCUT2D eigenvalue weighted by atomic mass is 10.1. The Hall–Kier alpha value is -0.380. The lowest BCUT2D eigenvalue weighted by molar-refractivity contribution is 0.00680. The Morgan fingerprint density at radius 2 is 2.10 bits per heavy atom. The number of nitrogens with one attached hydrogen (secondary N) is 1. The van der Waals surface area contributed by atoms with Crippen LogP contribution in [-0.2, 0) is 10.0 Å². The molecule has 1 atom stereocenters. The Labute approximate surface area is 130 Å². The van der Waals surface area contributed by atoms with Crippen molar-refractivity contribution >= 4 is 37.6 Å². The maximum atomic E-state index is 12.2. The van der Waals surface area contributed by atoms with E-state index in [1.807, 2.05) is 0 Å². The summed E-state index contributed by atoms with van der Waals surface area (Å²) in [7, 11) is -2.62. The van der Waals surface area contributed by atoms with Gasteiger partial charge in [-0.15, -0.1) is 0 Å². The molecule has 0 aromatic heterocycles. The van der Waals surface area contributed by atoms with Crippen LogP contribution in [0.2, 0.25) is 5.02 Å². The van der Waals surface area contributed by atoms with Gasteiger partial charge in [0.15, 0.2) is 5.75 Å². The summed E-state index contributed by atoms with van der Waals surface area (Å²) in [6.45, 7) is 0.381. The number of sulfonamides is 1. The molecule has 1 unspecified atom stereocenters. The summed E-state index contributed by atoms with van der Waals surface area (Å²) in [6, 6.07) is 2.74. The molecule has 0 fully saturated rings. The molecule has 1 rings (SSSR count). The number of aliphatic hydroxyl groups is 2. The monoisotopic (exact) mass is 387 g/mol. The molecule has 3 N–H and O–H groups in total. The first-order valence-corrected chi connectivity index (χ1v) is 8.14. The quantitative estimate of drug-likeness (QED) is 0.679. The highest BCUT2D eigenvalue weighted by molar-refractivity contribution is 9.10. The van der Waals surface area contributed by atoms with Gasteiger partial charge in [-0.05, 0) is 35.0 Å². The number of hydrogen-bond donors (Lipinski definition) is 3. The first-order chi connectivity index (χ1) is 9.13. The largest absolute Gasteiger partial charge is 0.494 e. The zero-order chi connectivity index (χ0) is 15.6. The maximum absolute atomic E-state index is 12.2. The Kier molecular flexibility index (Phi) is 5.82. The van der Waals surface area contributed by atoms with Crippen LogP contribution < -0.4 is 9.46 Å². The van der Waals surface area contributed by atoms with Crippen molar-refractivity contribution in [3.8, 4) is 5.75 Å². The van der Waals surface area contributed by atoms with E-state index in [1.165, 1.54) is 26.2 Å². The fourth-order valence-electron chi connectivity index (χ4n) is 1.32. The second kappa shape index (κ2) is 6.59. The van der Waals surface area contributed by atoms with E-state index in [2.05, 4.69) is 20.7 Å². The SMILES string of the molecule is COc1c(Br)cc(Cl)cc1S(=O)(=O)NCC(C)(O)CO. The van der Waals surface area contributed by atoms with Crippen LogP contribution in [0.1, 0.15) is 6.92 Å². The standard InChI is InChI=1S/C11H15BrClNO5S/c1-11(16,6-15)5-14-20(17,18)9-4-7(13)3-8(12)10(9)19-2/h3-4,14-16H,5-6H2,1-2H3. The second-order valence-corrected chi connectivity index (χ2v) is 7.42. The summed E-state index contributed by atoms with van der Waals surface area (Å²) >= 11 is 9.00. The summed E-state index contributed by atoms with van der Waals surface area (Å²) in [5.74, 6) is 0.102. The average molecular weight is 389 g/mol. The van der Waals surface area contributed by atoms with Gasteiger partial charge in [0.05, 0.1) is 23.8 Å². The molecule has 1 aromatic rings. The Morgan fingerprint density at radius 1 is 1.50 bits per heavy atom.